The molecule has 0 saturated carbocycles. The van der Waals surface area contributed by atoms with Gasteiger partial charge in [-0.1, -0.05) is 11.6 Å². The van der Waals surface area contributed by atoms with Gasteiger partial charge in [0.15, 0.2) is 0 Å². The zero-order valence-corrected chi connectivity index (χ0v) is 8.96. The van der Waals surface area contributed by atoms with E-state index in [1.54, 1.807) is 12.1 Å². The lowest BCUT2D eigenvalue weighted by molar-refractivity contribution is -0.384. The first-order valence-electron chi connectivity index (χ1n) is 4.62. The molecule has 4 N–H and O–H groups in total. The number of benzene rings is 1. The zero-order chi connectivity index (χ0) is 11.3. The fourth-order valence-corrected chi connectivity index (χ4v) is 1.32. The van der Waals surface area contributed by atoms with Crippen LogP contribution in [0.1, 0.15) is 6.42 Å². The van der Waals surface area contributed by atoms with E-state index in [0.717, 1.165) is 13.0 Å². The SMILES string of the molecule is [NH3+]CCCNc1ccc(Cl)cc1[N+](=O)[O-]. The minimum atomic E-state index is -0.446. The molecule has 0 atom stereocenters. The number of nitrogens with one attached hydrogen (secondary N) is 1. The van der Waals surface area contributed by atoms with E-state index in [-0.39, 0.29) is 5.69 Å². The maximum Gasteiger partial charge on any atom is 0.293 e. The third kappa shape index (κ3) is 3.38. The van der Waals surface area contributed by atoms with E-state index >= 15 is 0 Å². The fourth-order valence-electron chi connectivity index (χ4n) is 1.15. The van der Waals surface area contributed by atoms with Gasteiger partial charge >= 0.3 is 0 Å². The molecule has 0 aromatic heterocycles. The van der Waals surface area contributed by atoms with E-state index < -0.39 is 4.92 Å². The van der Waals surface area contributed by atoms with Gasteiger partial charge in [0.1, 0.15) is 5.69 Å². The third-order valence-electron chi connectivity index (χ3n) is 1.90. The van der Waals surface area contributed by atoms with Crippen LogP contribution in [0.3, 0.4) is 0 Å². The van der Waals surface area contributed by atoms with Gasteiger partial charge in [0.05, 0.1) is 11.5 Å². The molecule has 1 aromatic carbocycles. The highest BCUT2D eigenvalue weighted by Gasteiger charge is 2.13. The Hall–Kier alpha value is -1.33. The highest BCUT2D eigenvalue weighted by molar-refractivity contribution is 6.30. The van der Waals surface area contributed by atoms with Crippen LogP contribution >= 0.6 is 11.6 Å². The summed E-state index contributed by atoms with van der Waals surface area (Å²) in [6.45, 7) is 1.47. The number of quaternary nitrogens is 1. The Balaban J connectivity index is 2.81. The molecule has 15 heavy (non-hydrogen) atoms. The van der Waals surface area contributed by atoms with Gasteiger partial charge in [0, 0.05) is 24.1 Å². The number of rotatable bonds is 5. The normalized spacial score (nSPS) is 10.0. The lowest BCUT2D eigenvalue weighted by Gasteiger charge is -2.05. The molecule has 0 spiro atoms. The molecule has 0 heterocycles. The van der Waals surface area contributed by atoms with Crippen molar-refractivity contribution in [3.05, 3.63) is 33.3 Å². The van der Waals surface area contributed by atoms with Crippen molar-refractivity contribution in [2.75, 3.05) is 18.4 Å². The molecule has 0 amide bonds. The van der Waals surface area contributed by atoms with E-state index in [4.69, 9.17) is 11.6 Å². The van der Waals surface area contributed by atoms with E-state index in [1.165, 1.54) is 6.07 Å². The van der Waals surface area contributed by atoms with Crippen molar-refractivity contribution in [3.8, 4) is 0 Å². The van der Waals surface area contributed by atoms with Crippen molar-refractivity contribution in [3.63, 3.8) is 0 Å². The maximum atomic E-state index is 10.7. The van der Waals surface area contributed by atoms with Crippen molar-refractivity contribution in [1.29, 1.82) is 0 Å². The molecule has 0 aliphatic rings. The average molecular weight is 231 g/mol. The number of hydrogen-bond acceptors (Lipinski definition) is 3. The van der Waals surface area contributed by atoms with Crippen LogP contribution in [0, 0.1) is 10.1 Å². The number of halogens is 1. The van der Waals surface area contributed by atoms with Crippen molar-refractivity contribution in [2.45, 2.75) is 6.42 Å². The smallest absolute Gasteiger partial charge is 0.293 e. The second-order valence-electron chi connectivity index (χ2n) is 3.05. The monoisotopic (exact) mass is 230 g/mol. The standard InChI is InChI=1S/C9H12ClN3O2/c10-7-2-3-8(12-5-1-4-11)9(6-7)13(14)15/h2-3,6,12H,1,4-5,11H2/p+1. The van der Waals surface area contributed by atoms with Gasteiger partial charge in [0.25, 0.3) is 5.69 Å². The van der Waals surface area contributed by atoms with E-state index in [9.17, 15) is 10.1 Å². The first-order chi connectivity index (χ1) is 7.15. The predicted octanol–water partition coefficient (Wildman–Crippen LogP) is 1.29. The number of nitro groups is 1. The summed E-state index contributed by atoms with van der Waals surface area (Å²) in [5.41, 5.74) is 4.20. The van der Waals surface area contributed by atoms with Gasteiger partial charge < -0.3 is 11.1 Å². The molecule has 0 aliphatic carbocycles. The fraction of sp³-hybridized carbons (Fsp3) is 0.333. The molecular weight excluding hydrogens is 218 g/mol. The summed E-state index contributed by atoms with van der Waals surface area (Å²) in [4.78, 5) is 10.3. The zero-order valence-electron chi connectivity index (χ0n) is 8.20. The topological polar surface area (TPSA) is 82.8 Å². The van der Waals surface area contributed by atoms with Crippen LogP contribution in [0.15, 0.2) is 18.2 Å². The molecule has 0 saturated heterocycles. The Morgan fingerprint density at radius 1 is 1.53 bits per heavy atom. The van der Waals surface area contributed by atoms with E-state index in [1.807, 2.05) is 0 Å². The Bertz CT molecular complexity index is 357. The largest absolute Gasteiger partial charge is 0.379 e. The Kier molecular flexibility index (Phi) is 4.33. The minimum absolute atomic E-state index is 0.00608. The van der Waals surface area contributed by atoms with Crippen molar-refractivity contribution < 1.29 is 10.7 Å². The van der Waals surface area contributed by atoms with E-state index in [2.05, 4.69) is 11.1 Å². The minimum Gasteiger partial charge on any atom is -0.379 e. The molecule has 0 radical (unpaired) electrons. The summed E-state index contributed by atoms with van der Waals surface area (Å²) in [6, 6.07) is 4.58. The molecule has 1 aromatic rings. The highest BCUT2D eigenvalue weighted by atomic mass is 35.5. The van der Waals surface area contributed by atoms with Crippen LogP contribution < -0.4 is 11.1 Å². The number of hydrogen-bond donors (Lipinski definition) is 2. The molecule has 1 rings (SSSR count). The van der Waals surface area contributed by atoms with Gasteiger partial charge in [-0.3, -0.25) is 10.1 Å². The average Bonchev–Trinajstić information content (AvgIpc) is 2.20. The maximum absolute atomic E-state index is 10.7. The summed E-state index contributed by atoms with van der Waals surface area (Å²) in [5.74, 6) is 0. The third-order valence-corrected chi connectivity index (χ3v) is 2.13. The van der Waals surface area contributed by atoms with Gasteiger partial charge in [-0.2, -0.15) is 0 Å². The van der Waals surface area contributed by atoms with Gasteiger partial charge in [-0.05, 0) is 12.1 Å². The quantitative estimate of drug-likeness (QED) is 0.454. The Morgan fingerprint density at radius 2 is 2.27 bits per heavy atom. The first-order valence-corrected chi connectivity index (χ1v) is 5.00. The Morgan fingerprint density at radius 3 is 2.87 bits per heavy atom. The summed E-state index contributed by atoms with van der Waals surface area (Å²) < 4.78 is 0. The van der Waals surface area contributed by atoms with Gasteiger partial charge in [-0.25, -0.2) is 0 Å². The number of nitrogens with zero attached hydrogens (tertiary/aromatic N) is 1. The molecule has 0 aliphatic heterocycles. The molecule has 5 nitrogen and oxygen atoms in total. The molecule has 82 valence electrons. The van der Waals surface area contributed by atoms with Crippen LogP contribution in [0.2, 0.25) is 5.02 Å². The molecule has 0 bridgehead atoms. The second kappa shape index (κ2) is 5.53. The van der Waals surface area contributed by atoms with Gasteiger partial charge in [-0.15, -0.1) is 0 Å². The van der Waals surface area contributed by atoms with Gasteiger partial charge in [0.2, 0.25) is 0 Å². The summed E-state index contributed by atoms with van der Waals surface area (Å²) in [7, 11) is 0. The van der Waals surface area contributed by atoms with Crippen LogP contribution in [0.5, 0.6) is 0 Å². The van der Waals surface area contributed by atoms with Crippen molar-refractivity contribution in [1.82, 2.24) is 0 Å². The first kappa shape index (κ1) is 11.7. The summed E-state index contributed by atoms with van der Waals surface area (Å²) >= 11 is 5.68. The number of nitro benzene ring substituents is 1. The second-order valence-corrected chi connectivity index (χ2v) is 3.49. The molecular formula is C9H13ClN3O2+. The van der Waals surface area contributed by atoms with Crippen LogP contribution in [0.4, 0.5) is 11.4 Å². The Labute approximate surface area is 92.4 Å². The molecule has 0 fully saturated rings. The van der Waals surface area contributed by atoms with Crippen LogP contribution in [0.25, 0.3) is 0 Å². The number of anilines is 1. The lowest BCUT2D eigenvalue weighted by Crippen LogP contribution is -2.50. The summed E-state index contributed by atoms with van der Waals surface area (Å²) in [6.07, 6.45) is 0.875. The van der Waals surface area contributed by atoms with Crippen molar-refractivity contribution >= 4 is 23.0 Å². The van der Waals surface area contributed by atoms with Crippen LogP contribution in [-0.4, -0.2) is 18.0 Å². The van der Waals surface area contributed by atoms with Crippen LogP contribution in [-0.2, 0) is 0 Å². The van der Waals surface area contributed by atoms with E-state index in [0.29, 0.717) is 17.3 Å². The lowest BCUT2D eigenvalue weighted by atomic mass is 10.2. The predicted molar refractivity (Wildman–Crippen MR) is 59.0 cm³/mol. The molecule has 0 unspecified atom stereocenters. The summed E-state index contributed by atoms with van der Waals surface area (Å²) in [5, 5.41) is 14.0. The van der Waals surface area contributed by atoms with Crippen molar-refractivity contribution in [2.24, 2.45) is 0 Å². The highest BCUT2D eigenvalue weighted by Crippen LogP contribution is 2.27. The molecule has 6 heteroatoms.